The number of methoxy groups -OCH3 is 1. The Labute approximate surface area is 264 Å². The van der Waals surface area contributed by atoms with Gasteiger partial charge in [0.25, 0.3) is 0 Å². The molecule has 0 aliphatic heterocycles. The fourth-order valence-electron chi connectivity index (χ4n) is 5.53. The zero-order valence-corrected chi connectivity index (χ0v) is 26.1. The summed E-state index contributed by atoms with van der Waals surface area (Å²) >= 11 is 2.66. The molecule has 10 heteroatoms. The number of nitrogens with one attached hydrogen (secondary N) is 1. The molecule has 0 saturated carbocycles. The molecule has 0 radical (unpaired) electrons. The lowest BCUT2D eigenvalue weighted by atomic mass is 9.83. The highest BCUT2D eigenvalue weighted by Crippen LogP contribution is 2.43. The molecule has 2 aromatic carbocycles. The summed E-state index contributed by atoms with van der Waals surface area (Å²) in [5, 5.41) is 23.7. The van der Waals surface area contributed by atoms with Crippen molar-refractivity contribution in [3.63, 3.8) is 0 Å². The number of carbonyl (C=O) groups is 2. The van der Waals surface area contributed by atoms with Crippen molar-refractivity contribution in [2.24, 2.45) is 0 Å². The summed E-state index contributed by atoms with van der Waals surface area (Å²) in [7, 11) is 1.35. The molecular weight excluding hydrogens is 591 g/mol. The van der Waals surface area contributed by atoms with Crippen molar-refractivity contribution in [3.05, 3.63) is 92.9 Å². The Morgan fingerprint density at radius 3 is 2.50 bits per heavy atom. The first-order valence-electron chi connectivity index (χ1n) is 14.3. The number of hydrogen-bond acceptors (Lipinski definition) is 9. The summed E-state index contributed by atoms with van der Waals surface area (Å²) in [4.78, 5) is 31.3. The van der Waals surface area contributed by atoms with Crippen LogP contribution in [0.1, 0.15) is 68.7 Å². The van der Waals surface area contributed by atoms with Gasteiger partial charge in [0.05, 0.1) is 18.2 Å². The standard InChI is InChI=1S/C34H31N5O3S2/c1-3-20-9-11-22(12-10-20)29-25(18-35)31(37)39-32(26(29)19-36)43-16-15-28(40)38-33-30(34(41)42-2)24-14-13-23(17-27(24)44-33)21-7-5-4-6-8-21/h4-12,23H,3,13-17H2,1-2H3,(H2,37,39)(H,38,40). The van der Waals surface area contributed by atoms with Crippen LogP contribution in [0.25, 0.3) is 11.1 Å². The Kier molecular flexibility index (Phi) is 9.64. The number of hydrogen-bond donors (Lipinski definition) is 2. The first-order chi connectivity index (χ1) is 21.4. The SMILES string of the molecule is CCc1ccc(-c2c(C#N)c(N)nc(SCCC(=O)Nc3sc4c(c3C(=O)OC)CCC(c3ccccc3)C4)c2C#N)cc1. The van der Waals surface area contributed by atoms with E-state index >= 15 is 0 Å². The summed E-state index contributed by atoms with van der Waals surface area (Å²) in [6.45, 7) is 2.05. The molecule has 2 heterocycles. The van der Waals surface area contributed by atoms with Gasteiger partial charge in [0.2, 0.25) is 5.91 Å². The number of nitrogen functional groups attached to an aromatic ring is 1. The van der Waals surface area contributed by atoms with Gasteiger partial charge in [-0.05, 0) is 53.9 Å². The van der Waals surface area contributed by atoms with Crippen molar-refractivity contribution < 1.29 is 14.3 Å². The maximum absolute atomic E-state index is 13.1. The number of aryl methyl sites for hydroxylation is 1. The molecular formula is C34H31N5O3S2. The summed E-state index contributed by atoms with van der Waals surface area (Å²) < 4.78 is 5.09. The monoisotopic (exact) mass is 621 g/mol. The number of pyridine rings is 1. The van der Waals surface area contributed by atoms with E-state index < -0.39 is 5.97 Å². The molecule has 0 fully saturated rings. The van der Waals surface area contributed by atoms with Crippen LogP contribution in [0.4, 0.5) is 10.8 Å². The summed E-state index contributed by atoms with van der Waals surface area (Å²) in [6.07, 6.45) is 3.41. The van der Waals surface area contributed by atoms with Crippen molar-refractivity contribution in [2.75, 3.05) is 23.9 Å². The van der Waals surface area contributed by atoms with Gasteiger partial charge in [-0.3, -0.25) is 4.79 Å². The first kappa shape index (κ1) is 30.8. The maximum Gasteiger partial charge on any atom is 0.341 e. The van der Waals surface area contributed by atoms with Gasteiger partial charge < -0.3 is 15.8 Å². The Morgan fingerprint density at radius 1 is 1.11 bits per heavy atom. The van der Waals surface area contributed by atoms with E-state index in [9.17, 15) is 20.1 Å². The predicted octanol–water partition coefficient (Wildman–Crippen LogP) is 6.88. The number of esters is 1. The molecule has 44 heavy (non-hydrogen) atoms. The number of nitrogens with zero attached hydrogens (tertiary/aromatic N) is 3. The number of fused-ring (bicyclic) bond motifs is 1. The molecule has 1 unspecified atom stereocenters. The van der Waals surface area contributed by atoms with Gasteiger partial charge in [-0.25, -0.2) is 9.78 Å². The highest BCUT2D eigenvalue weighted by atomic mass is 32.2. The van der Waals surface area contributed by atoms with Crippen molar-refractivity contribution >= 4 is 45.8 Å². The quantitative estimate of drug-likeness (QED) is 0.152. The highest BCUT2D eigenvalue weighted by Gasteiger charge is 2.30. The Balaban J connectivity index is 1.32. The lowest BCUT2D eigenvalue weighted by Crippen LogP contribution is -2.16. The average molecular weight is 622 g/mol. The molecule has 2 aromatic heterocycles. The van der Waals surface area contributed by atoms with Crippen molar-refractivity contribution in [1.29, 1.82) is 10.5 Å². The van der Waals surface area contributed by atoms with Crippen molar-refractivity contribution in [3.8, 4) is 23.3 Å². The van der Waals surface area contributed by atoms with E-state index in [1.54, 1.807) is 0 Å². The Bertz CT molecular complexity index is 1790. The van der Waals surface area contributed by atoms with Gasteiger partial charge in [0.15, 0.2) is 0 Å². The second-order valence-corrected chi connectivity index (χ2v) is 12.6. The third-order valence-electron chi connectivity index (χ3n) is 7.81. The number of carbonyl (C=O) groups excluding carboxylic acids is 2. The first-order valence-corrected chi connectivity index (χ1v) is 16.1. The number of aromatic nitrogens is 1. The fourth-order valence-corrected chi connectivity index (χ4v) is 7.80. The molecule has 1 amide bonds. The fraction of sp³-hybridized carbons (Fsp3) is 0.265. The number of rotatable bonds is 9. The van der Waals surface area contributed by atoms with E-state index in [4.69, 9.17) is 10.5 Å². The highest BCUT2D eigenvalue weighted by molar-refractivity contribution is 7.99. The second kappa shape index (κ2) is 13.8. The van der Waals surface area contributed by atoms with E-state index in [1.165, 1.54) is 35.8 Å². The number of nitrogens with two attached hydrogens (primary N) is 1. The molecule has 8 nitrogen and oxygen atoms in total. The maximum atomic E-state index is 13.1. The molecule has 1 aliphatic carbocycles. The van der Waals surface area contributed by atoms with Crippen LogP contribution in [0, 0.1) is 22.7 Å². The van der Waals surface area contributed by atoms with Gasteiger partial charge in [-0.1, -0.05) is 61.5 Å². The van der Waals surface area contributed by atoms with E-state index in [0.29, 0.717) is 38.4 Å². The number of thioether (sulfide) groups is 1. The molecule has 3 N–H and O–H groups in total. The van der Waals surface area contributed by atoms with Crippen LogP contribution in [0.3, 0.4) is 0 Å². The molecule has 0 spiro atoms. The Morgan fingerprint density at radius 2 is 1.84 bits per heavy atom. The van der Waals surface area contributed by atoms with Gasteiger partial charge in [0.1, 0.15) is 33.5 Å². The third kappa shape index (κ3) is 6.33. The van der Waals surface area contributed by atoms with E-state index in [0.717, 1.165) is 41.7 Å². The van der Waals surface area contributed by atoms with Gasteiger partial charge in [-0.15, -0.1) is 23.1 Å². The van der Waals surface area contributed by atoms with Crippen LogP contribution in [0.15, 0.2) is 59.6 Å². The van der Waals surface area contributed by atoms with Crippen LogP contribution >= 0.6 is 23.1 Å². The smallest absolute Gasteiger partial charge is 0.341 e. The predicted molar refractivity (Wildman–Crippen MR) is 174 cm³/mol. The van der Waals surface area contributed by atoms with Gasteiger partial charge >= 0.3 is 5.97 Å². The number of thiophene rings is 1. The van der Waals surface area contributed by atoms with Crippen molar-refractivity contribution in [2.45, 2.75) is 50.0 Å². The normalized spacial score (nSPS) is 13.8. The molecule has 0 bridgehead atoms. The minimum absolute atomic E-state index is 0.0358. The Hall–Kier alpha value is -4.64. The molecule has 222 valence electrons. The molecule has 5 rings (SSSR count). The zero-order chi connectivity index (χ0) is 31.2. The third-order valence-corrected chi connectivity index (χ3v) is 9.96. The van der Waals surface area contributed by atoms with E-state index in [-0.39, 0.29) is 29.3 Å². The number of amides is 1. The van der Waals surface area contributed by atoms with Gasteiger partial charge in [-0.2, -0.15) is 10.5 Å². The minimum atomic E-state index is -0.458. The lowest BCUT2D eigenvalue weighted by molar-refractivity contribution is -0.115. The molecule has 1 aliphatic rings. The van der Waals surface area contributed by atoms with Crippen LogP contribution in [0.2, 0.25) is 0 Å². The molecule has 0 saturated heterocycles. The van der Waals surface area contributed by atoms with Crippen LogP contribution in [-0.2, 0) is 28.8 Å². The number of benzene rings is 2. The summed E-state index contributed by atoms with van der Waals surface area (Å²) in [5.41, 5.74) is 11.5. The molecule has 1 atom stereocenters. The largest absolute Gasteiger partial charge is 0.465 e. The van der Waals surface area contributed by atoms with Crippen LogP contribution < -0.4 is 11.1 Å². The summed E-state index contributed by atoms with van der Waals surface area (Å²) in [5.74, 6) is -0.0308. The number of nitriles is 2. The number of anilines is 2. The number of ether oxygens (including phenoxy) is 1. The van der Waals surface area contributed by atoms with E-state index in [2.05, 4.69) is 41.5 Å². The van der Waals surface area contributed by atoms with Crippen molar-refractivity contribution in [1.82, 2.24) is 4.98 Å². The topological polar surface area (TPSA) is 142 Å². The van der Waals surface area contributed by atoms with Crippen LogP contribution in [-0.4, -0.2) is 29.7 Å². The van der Waals surface area contributed by atoms with Crippen LogP contribution in [0.5, 0.6) is 0 Å². The lowest BCUT2D eigenvalue weighted by Gasteiger charge is -2.22. The van der Waals surface area contributed by atoms with E-state index in [1.807, 2.05) is 42.5 Å². The summed E-state index contributed by atoms with van der Waals surface area (Å²) in [6, 6.07) is 22.3. The molecule has 4 aromatic rings. The van der Waals surface area contributed by atoms with Gasteiger partial charge in [0, 0.05) is 22.6 Å². The second-order valence-electron chi connectivity index (χ2n) is 10.4. The average Bonchev–Trinajstić information content (AvgIpc) is 3.41. The zero-order valence-electron chi connectivity index (χ0n) is 24.5. The minimum Gasteiger partial charge on any atom is -0.465 e.